The summed E-state index contributed by atoms with van der Waals surface area (Å²) in [5.74, 6) is -0.395. The van der Waals surface area contributed by atoms with E-state index in [0.29, 0.717) is 18.7 Å². The van der Waals surface area contributed by atoms with Crippen LogP contribution in [0.4, 0.5) is 0 Å². The number of nitrogens with zero attached hydrogens (tertiary/aromatic N) is 4. The summed E-state index contributed by atoms with van der Waals surface area (Å²) in [6.45, 7) is 0. The zero-order chi connectivity index (χ0) is 13.5. The molecule has 1 heterocycles. The molecule has 3 rings (SSSR count). The van der Waals surface area contributed by atoms with Crippen LogP contribution < -0.4 is 0 Å². The van der Waals surface area contributed by atoms with Gasteiger partial charge in [-0.15, -0.1) is 5.10 Å². The van der Waals surface area contributed by atoms with Crippen LogP contribution in [0.3, 0.4) is 0 Å². The predicted octanol–water partition coefficient (Wildman–Crippen LogP) is 2.07. The summed E-state index contributed by atoms with van der Waals surface area (Å²) in [6, 6.07) is 7.49. The van der Waals surface area contributed by atoms with Crippen LogP contribution in [0.1, 0.15) is 19.3 Å². The fraction of sp³-hybridized carbons (Fsp3) is 0.333. The lowest BCUT2D eigenvalue weighted by Crippen LogP contribution is -2.48. The number of aromatic nitrogens is 4. The summed E-state index contributed by atoms with van der Waals surface area (Å²) in [5, 5.41) is 21.0. The van der Waals surface area contributed by atoms with Crippen molar-refractivity contribution in [3.8, 4) is 11.4 Å². The molecule has 6 nitrogen and oxygen atoms in total. The zero-order valence-electron chi connectivity index (χ0n) is 9.95. The highest BCUT2D eigenvalue weighted by atomic mass is 79.9. The smallest absolute Gasteiger partial charge is 0.331 e. The molecule has 1 N–H and O–H groups in total. The fourth-order valence-corrected chi connectivity index (χ4v) is 2.78. The van der Waals surface area contributed by atoms with E-state index in [2.05, 4.69) is 31.5 Å². The van der Waals surface area contributed by atoms with Gasteiger partial charge in [-0.2, -0.15) is 0 Å². The SMILES string of the molecule is O=C(O)C1(n2nnnc2-c2ccccc2Br)CCC1. The van der Waals surface area contributed by atoms with E-state index in [1.54, 1.807) is 0 Å². The lowest BCUT2D eigenvalue weighted by atomic mass is 9.76. The highest BCUT2D eigenvalue weighted by Crippen LogP contribution is 2.41. The van der Waals surface area contributed by atoms with Crippen molar-refractivity contribution in [1.82, 2.24) is 20.2 Å². The molecule has 1 aliphatic carbocycles. The Morgan fingerprint density at radius 2 is 2.11 bits per heavy atom. The van der Waals surface area contributed by atoms with Crippen molar-refractivity contribution in [3.05, 3.63) is 28.7 Å². The van der Waals surface area contributed by atoms with E-state index >= 15 is 0 Å². The molecule has 1 saturated carbocycles. The number of aliphatic carboxylic acids is 1. The monoisotopic (exact) mass is 322 g/mol. The first-order valence-electron chi connectivity index (χ1n) is 5.92. The maximum Gasteiger partial charge on any atom is 0.331 e. The van der Waals surface area contributed by atoms with Crippen molar-refractivity contribution in [1.29, 1.82) is 0 Å². The Bertz CT molecular complexity index is 636. The molecule has 0 saturated heterocycles. The van der Waals surface area contributed by atoms with Crippen LogP contribution in [0.2, 0.25) is 0 Å². The van der Waals surface area contributed by atoms with Crippen LogP contribution in [-0.4, -0.2) is 31.3 Å². The number of tetrazole rings is 1. The van der Waals surface area contributed by atoms with Gasteiger partial charge in [0.15, 0.2) is 11.4 Å². The Morgan fingerprint density at radius 3 is 2.68 bits per heavy atom. The summed E-state index contributed by atoms with van der Waals surface area (Å²) in [5.41, 5.74) is -0.200. The maximum absolute atomic E-state index is 11.5. The number of carboxylic acid groups (broad SMARTS) is 1. The normalized spacial score (nSPS) is 16.9. The van der Waals surface area contributed by atoms with Crippen LogP contribution >= 0.6 is 15.9 Å². The minimum atomic E-state index is -0.992. The molecule has 7 heteroatoms. The first-order chi connectivity index (χ1) is 9.15. The first-order valence-corrected chi connectivity index (χ1v) is 6.71. The zero-order valence-corrected chi connectivity index (χ0v) is 11.5. The van der Waals surface area contributed by atoms with Crippen LogP contribution in [0, 0.1) is 0 Å². The van der Waals surface area contributed by atoms with Gasteiger partial charge < -0.3 is 5.11 Å². The van der Waals surface area contributed by atoms with Gasteiger partial charge in [-0.05, 0) is 41.8 Å². The number of halogens is 1. The first kappa shape index (κ1) is 12.3. The third-order valence-corrected chi connectivity index (χ3v) is 4.26. The van der Waals surface area contributed by atoms with Gasteiger partial charge in [0.25, 0.3) is 0 Å². The summed E-state index contributed by atoms with van der Waals surface area (Å²) < 4.78 is 2.28. The molecular formula is C12H11BrN4O2. The molecule has 1 fully saturated rings. The summed E-state index contributed by atoms with van der Waals surface area (Å²) in [4.78, 5) is 11.5. The Balaban J connectivity index is 2.14. The van der Waals surface area contributed by atoms with Gasteiger partial charge in [0.05, 0.1) is 0 Å². The van der Waals surface area contributed by atoms with Crippen molar-refractivity contribution in [3.63, 3.8) is 0 Å². The Hall–Kier alpha value is -1.76. The van der Waals surface area contributed by atoms with E-state index in [-0.39, 0.29) is 0 Å². The molecule has 0 amide bonds. The van der Waals surface area contributed by atoms with E-state index in [9.17, 15) is 9.90 Å². The maximum atomic E-state index is 11.5. The Kier molecular flexibility index (Phi) is 2.85. The second-order valence-electron chi connectivity index (χ2n) is 4.58. The molecule has 0 atom stereocenters. The number of benzene rings is 1. The number of carbonyl (C=O) groups is 1. The van der Waals surface area contributed by atoms with Gasteiger partial charge >= 0.3 is 5.97 Å². The fourth-order valence-electron chi connectivity index (χ4n) is 2.31. The number of carboxylic acids is 1. The van der Waals surface area contributed by atoms with Gasteiger partial charge in [0.1, 0.15) is 0 Å². The molecule has 1 aromatic heterocycles. The molecular weight excluding hydrogens is 312 g/mol. The molecule has 0 unspecified atom stereocenters. The molecule has 2 aromatic rings. The minimum absolute atomic E-state index is 0.481. The van der Waals surface area contributed by atoms with Crippen molar-refractivity contribution < 1.29 is 9.90 Å². The number of hydrogen-bond donors (Lipinski definition) is 1. The predicted molar refractivity (Wildman–Crippen MR) is 70.4 cm³/mol. The molecule has 0 radical (unpaired) electrons. The number of hydrogen-bond acceptors (Lipinski definition) is 4. The van der Waals surface area contributed by atoms with Gasteiger partial charge in [-0.25, -0.2) is 9.48 Å². The van der Waals surface area contributed by atoms with Crippen LogP contribution in [0.5, 0.6) is 0 Å². The molecule has 0 bridgehead atoms. The van der Waals surface area contributed by atoms with E-state index in [1.807, 2.05) is 24.3 Å². The van der Waals surface area contributed by atoms with Gasteiger partial charge in [0, 0.05) is 10.0 Å². The van der Waals surface area contributed by atoms with E-state index in [0.717, 1.165) is 16.5 Å². The molecule has 0 aliphatic heterocycles. The molecule has 19 heavy (non-hydrogen) atoms. The summed E-state index contributed by atoms with van der Waals surface area (Å²) in [7, 11) is 0. The minimum Gasteiger partial charge on any atom is -0.479 e. The lowest BCUT2D eigenvalue weighted by Gasteiger charge is -2.37. The average molecular weight is 323 g/mol. The molecule has 1 aliphatic rings. The van der Waals surface area contributed by atoms with Gasteiger partial charge in [-0.3, -0.25) is 0 Å². The van der Waals surface area contributed by atoms with Crippen LogP contribution in [-0.2, 0) is 10.3 Å². The van der Waals surface area contributed by atoms with E-state index in [1.165, 1.54) is 4.68 Å². The van der Waals surface area contributed by atoms with Crippen molar-refractivity contribution in [2.75, 3.05) is 0 Å². The topological polar surface area (TPSA) is 80.9 Å². The van der Waals surface area contributed by atoms with Gasteiger partial charge in [0.2, 0.25) is 0 Å². The van der Waals surface area contributed by atoms with Crippen molar-refractivity contribution >= 4 is 21.9 Å². The lowest BCUT2D eigenvalue weighted by molar-refractivity contribution is -0.153. The van der Waals surface area contributed by atoms with Crippen LogP contribution in [0.15, 0.2) is 28.7 Å². The highest BCUT2D eigenvalue weighted by Gasteiger charge is 2.49. The quantitative estimate of drug-likeness (QED) is 0.935. The van der Waals surface area contributed by atoms with Crippen LogP contribution in [0.25, 0.3) is 11.4 Å². The van der Waals surface area contributed by atoms with Crippen molar-refractivity contribution in [2.45, 2.75) is 24.8 Å². The number of rotatable bonds is 3. The summed E-state index contributed by atoms with van der Waals surface area (Å²) in [6.07, 6.45) is 2.00. The second-order valence-corrected chi connectivity index (χ2v) is 5.44. The molecule has 1 aromatic carbocycles. The molecule has 0 spiro atoms. The molecule has 98 valence electrons. The Morgan fingerprint density at radius 1 is 1.37 bits per heavy atom. The summed E-state index contributed by atoms with van der Waals surface area (Å²) >= 11 is 3.44. The average Bonchev–Trinajstić information content (AvgIpc) is 2.77. The van der Waals surface area contributed by atoms with E-state index in [4.69, 9.17) is 0 Å². The third-order valence-electron chi connectivity index (χ3n) is 3.57. The van der Waals surface area contributed by atoms with E-state index < -0.39 is 11.5 Å². The largest absolute Gasteiger partial charge is 0.479 e. The van der Waals surface area contributed by atoms with Gasteiger partial charge in [-0.1, -0.05) is 28.1 Å². The second kappa shape index (κ2) is 4.41. The standard InChI is InChI=1S/C12H11BrN4O2/c13-9-5-2-1-4-8(9)10-14-15-16-17(10)12(11(18)19)6-3-7-12/h1-2,4-5H,3,6-7H2,(H,18,19). The third kappa shape index (κ3) is 1.76. The van der Waals surface area contributed by atoms with Crippen molar-refractivity contribution in [2.24, 2.45) is 0 Å². The highest BCUT2D eigenvalue weighted by molar-refractivity contribution is 9.10. The Labute approximate surface area is 117 Å².